The number of nitrogens with one attached hydrogen (secondary N) is 1. The van der Waals surface area contributed by atoms with Crippen LogP contribution in [0.2, 0.25) is 0 Å². The fraction of sp³-hybridized carbons (Fsp3) is 0.429. The molecular weight excluding hydrogens is 374 g/mol. The molecule has 0 atom stereocenters. The molecule has 0 spiro atoms. The molecule has 1 N–H and O–H groups in total. The van der Waals surface area contributed by atoms with Crippen LogP contribution < -0.4 is 5.32 Å². The van der Waals surface area contributed by atoms with Crippen molar-refractivity contribution >= 4 is 23.5 Å². The third kappa shape index (κ3) is 5.22. The van der Waals surface area contributed by atoms with Gasteiger partial charge in [-0.2, -0.15) is 5.10 Å². The molecule has 2 aromatic rings. The number of hydrogen-bond acceptors (Lipinski definition) is 6. The Morgan fingerprint density at radius 1 is 1.07 bits per heavy atom. The average molecular weight is 401 g/mol. The molecule has 0 saturated carbocycles. The summed E-state index contributed by atoms with van der Waals surface area (Å²) in [4.78, 5) is 36.5. The zero-order valence-corrected chi connectivity index (χ0v) is 17.7. The summed E-state index contributed by atoms with van der Waals surface area (Å²) in [7, 11) is 2.44. The quantitative estimate of drug-likeness (QED) is 0.716. The topological polar surface area (TPSA) is 99.5 Å². The number of anilines is 1. The van der Waals surface area contributed by atoms with Gasteiger partial charge in [-0.3, -0.25) is 9.48 Å². The Bertz CT molecular complexity index is 931. The van der Waals surface area contributed by atoms with Crippen molar-refractivity contribution in [2.45, 2.75) is 40.7 Å². The minimum Gasteiger partial charge on any atom is -0.465 e. The first-order chi connectivity index (χ1) is 13.7. The van der Waals surface area contributed by atoms with Crippen LogP contribution in [0, 0.1) is 19.8 Å². The molecule has 29 heavy (non-hydrogen) atoms. The van der Waals surface area contributed by atoms with Crippen molar-refractivity contribution in [3.63, 3.8) is 0 Å². The number of ether oxygens (including phenoxy) is 2. The highest BCUT2D eigenvalue weighted by Gasteiger charge is 2.20. The monoisotopic (exact) mass is 401 g/mol. The molecule has 1 heterocycles. The van der Waals surface area contributed by atoms with Crippen LogP contribution in [0.25, 0.3) is 0 Å². The summed E-state index contributed by atoms with van der Waals surface area (Å²) < 4.78 is 11.3. The van der Waals surface area contributed by atoms with Crippen LogP contribution in [-0.4, -0.2) is 41.8 Å². The number of rotatable bonds is 7. The Hall–Kier alpha value is -3.16. The molecule has 2 rings (SSSR count). The Morgan fingerprint density at radius 3 is 2.28 bits per heavy atom. The Kier molecular flexibility index (Phi) is 7.14. The molecule has 0 radical (unpaired) electrons. The third-order valence-electron chi connectivity index (χ3n) is 4.52. The number of methoxy groups -OCH3 is 2. The van der Waals surface area contributed by atoms with E-state index in [9.17, 15) is 14.4 Å². The highest BCUT2D eigenvalue weighted by molar-refractivity contribution is 6.04. The van der Waals surface area contributed by atoms with Gasteiger partial charge < -0.3 is 14.8 Å². The number of amides is 1. The number of nitrogens with zero attached hydrogens (tertiary/aromatic N) is 2. The van der Waals surface area contributed by atoms with Gasteiger partial charge in [0.1, 0.15) is 0 Å². The number of benzene rings is 1. The minimum absolute atomic E-state index is 0.0225. The summed E-state index contributed by atoms with van der Waals surface area (Å²) in [6.45, 7) is 8.84. The summed E-state index contributed by atoms with van der Waals surface area (Å²) in [6.07, 6.45) is 0.155. The maximum Gasteiger partial charge on any atom is 0.338 e. The number of esters is 2. The first kappa shape index (κ1) is 22.1. The summed E-state index contributed by atoms with van der Waals surface area (Å²) in [6, 6.07) is 4.36. The molecule has 0 saturated heterocycles. The average Bonchev–Trinajstić information content (AvgIpc) is 2.93. The number of carbonyl (C=O) groups is 3. The predicted octanol–water partition coefficient (Wildman–Crippen LogP) is 2.91. The molecular formula is C21H27N3O5. The SMILES string of the molecule is COC(=O)c1ccc(NC(=O)Cc2c(C)nn(CC(C)C)c2C)cc1C(=O)OC. The van der Waals surface area contributed by atoms with E-state index in [1.54, 1.807) is 6.07 Å². The molecule has 1 aromatic heterocycles. The number of carbonyl (C=O) groups excluding carboxylic acids is 3. The Balaban J connectivity index is 2.22. The van der Waals surface area contributed by atoms with Gasteiger partial charge in [0.05, 0.1) is 37.5 Å². The Labute approximate surface area is 170 Å². The highest BCUT2D eigenvalue weighted by Crippen LogP contribution is 2.20. The maximum absolute atomic E-state index is 12.6. The van der Waals surface area contributed by atoms with Gasteiger partial charge in [-0.1, -0.05) is 13.8 Å². The lowest BCUT2D eigenvalue weighted by Crippen LogP contribution is -2.17. The van der Waals surface area contributed by atoms with Crippen molar-refractivity contribution in [1.82, 2.24) is 9.78 Å². The standard InChI is InChI=1S/C21H27N3O5/c1-12(2)11-24-14(4)17(13(3)23-24)10-19(25)22-15-7-8-16(20(26)28-5)18(9-15)21(27)29-6/h7-9,12H,10-11H2,1-6H3,(H,22,25). The first-order valence-electron chi connectivity index (χ1n) is 9.31. The van der Waals surface area contributed by atoms with E-state index in [2.05, 4.69) is 29.0 Å². The molecule has 1 amide bonds. The zero-order valence-electron chi connectivity index (χ0n) is 17.7. The summed E-state index contributed by atoms with van der Waals surface area (Å²) in [5.74, 6) is -1.16. The molecule has 0 fully saturated rings. The van der Waals surface area contributed by atoms with E-state index >= 15 is 0 Å². The molecule has 0 aliphatic rings. The minimum atomic E-state index is -0.692. The van der Waals surface area contributed by atoms with E-state index in [1.165, 1.54) is 26.4 Å². The summed E-state index contributed by atoms with van der Waals surface area (Å²) >= 11 is 0. The molecule has 0 bridgehead atoms. The fourth-order valence-corrected chi connectivity index (χ4v) is 3.07. The van der Waals surface area contributed by atoms with Crippen LogP contribution in [-0.2, 0) is 27.2 Å². The van der Waals surface area contributed by atoms with Crippen molar-refractivity contribution in [2.24, 2.45) is 5.92 Å². The highest BCUT2D eigenvalue weighted by atomic mass is 16.5. The van der Waals surface area contributed by atoms with Crippen molar-refractivity contribution in [3.8, 4) is 0 Å². The van der Waals surface area contributed by atoms with Crippen molar-refractivity contribution in [2.75, 3.05) is 19.5 Å². The van der Waals surface area contributed by atoms with Gasteiger partial charge >= 0.3 is 11.9 Å². The summed E-state index contributed by atoms with van der Waals surface area (Å²) in [5, 5.41) is 7.29. The molecule has 0 unspecified atom stereocenters. The van der Waals surface area contributed by atoms with E-state index < -0.39 is 11.9 Å². The summed E-state index contributed by atoms with van der Waals surface area (Å²) in [5.41, 5.74) is 3.13. The number of aryl methyl sites for hydroxylation is 1. The second-order valence-corrected chi connectivity index (χ2v) is 7.19. The predicted molar refractivity (Wildman–Crippen MR) is 108 cm³/mol. The van der Waals surface area contributed by atoms with Crippen LogP contribution >= 0.6 is 0 Å². The fourth-order valence-electron chi connectivity index (χ4n) is 3.07. The van der Waals surface area contributed by atoms with E-state index in [4.69, 9.17) is 4.74 Å². The molecule has 0 aliphatic heterocycles. The lowest BCUT2D eigenvalue weighted by molar-refractivity contribution is -0.115. The molecule has 1 aromatic carbocycles. The smallest absolute Gasteiger partial charge is 0.338 e. The van der Waals surface area contributed by atoms with Crippen molar-refractivity contribution in [1.29, 1.82) is 0 Å². The van der Waals surface area contributed by atoms with Crippen LogP contribution in [0.15, 0.2) is 18.2 Å². The largest absolute Gasteiger partial charge is 0.465 e. The van der Waals surface area contributed by atoms with Crippen LogP contribution in [0.3, 0.4) is 0 Å². The van der Waals surface area contributed by atoms with Gasteiger partial charge in [0.2, 0.25) is 5.91 Å². The molecule has 156 valence electrons. The normalized spacial score (nSPS) is 10.7. The van der Waals surface area contributed by atoms with Crippen LogP contribution in [0.5, 0.6) is 0 Å². The lowest BCUT2D eigenvalue weighted by Gasteiger charge is -2.11. The second kappa shape index (κ2) is 9.36. The van der Waals surface area contributed by atoms with Crippen LogP contribution in [0.1, 0.15) is 51.5 Å². The van der Waals surface area contributed by atoms with Crippen molar-refractivity contribution < 1.29 is 23.9 Å². The number of hydrogen-bond donors (Lipinski definition) is 1. The maximum atomic E-state index is 12.6. The third-order valence-corrected chi connectivity index (χ3v) is 4.52. The van der Waals surface area contributed by atoms with Crippen LogP contribution in [0.4, 0.5) is 5.69 Å². The van der Waals surface area contributed by atoms with Crippen molar-refractivity contribution in [3.05, 3.63) is 46.3 Å². The van der Waals surface area contributed by atoms with E-state index in [1.807, 2.05) is 18.5 Å². The van der Waals surface area contributed by atoms with E-state index in [0.29, 0.717) is 11.6 Å². The zero-order chi connectivity index (χ0) is 21.7. The van der Waals surface area contributed by atoms with Gasteiger partial charge in [-0.05, 0) is 38.0 Å². The lowest BCUT2D eigenvalue weighted by atomic mass is 10.1. The molecule has 8 nitrogen and oxygen atoms in total. The second-order valence-electron chi connectivity index (χ2n) is 7.19. The Morgan fingerprint density at radius 2 is 1.69 bits per heavy atom. The van der Waals surface area contributed by atoms with E-state index in [0.717, 1.165) is 23.5 Å². The first-order valence-corrected chi connectivity index (χ1v) is 9.31. The molecule has 8 heteroatoms. The van der Waals surface area contributed by atoms with E-state index in [-0.39, 0.29) is 23.5 Å². The van der Waals surface area contributed by atoms with Gasteiger partial charge in [-0.25, -0.2) is 9.59 Å². The van der Waals surface area contributed by atoms with Gasteiger partial charge in [-0.15, -0.1) is 0 Å². The van der Waals surface area contributed by atoms with Gasteiger partial charge in [0.25, 0.3) is 0 Å². The molecule has 0 aliphatic carbocycles. The number of aromatic nitrogens is 2. The van der Waals surface area contributed by atoms with Gasteiger partial charge in [0, 0.05) is 23.5 Å². The van der Waals surface area contributed by atoms with Gasteiger partial charge in [0.15, 0.2) is 0 Å².